The SMILES string of the molecule is CC(=O)NC(C(=O)O)C(O)C(F)(F)F. The molecule has 0 rings (SSSR count). The van der Waals surface area contributed by atoms with E-state index >= 15 is 0 Å². The number of hydrogen-bond acceptors (Lipinski definition) is 3. The molecule has 0 radical (unpaired) electrons. The van der Waals surface area contributed by atoms with Crippen molar-refractivity contribution >= 4 is 11.9 Å². The lowest BCUT2D eigenvalue weighted by atomic mass is 10.1. The molecule has 0 aromatic heterocycles. The highest BCUT2D eigenvalue weighted by Gasteiger charge is 2.47. The summed E-state index contributed by atoms with van der Waals surface area (Å²) in [5.74, 6) is -2.93. The van der Waals surface area contributed by atoms with Gasteiger partial charge in [-0.1, -0.05) is 0 Å². The number of carbonyl (C=O) groups is 2. The molecule has 0 aliphatic carbocycles. The van der Waals surface area contributed by atoms with Crippen LogP contribution >= 0.6 is 0 Å². The molecule has 1 amide bonds. The minimum Gasteiger partial charge on any atom is -0.480 e. The molecule has 0 bridgehead atoms. The van der Waals surface area contributed by atoms with Crippen molar-refractivity contribution in [2.75, 3.05) is 0 Å². The van der Waals surface area contributed by atoms with Crippen molar-refractivity contribution in [3.05, 3.63) is 0 Å². The molecule has 0 saturated heterocycles. The Morgan fingerprint density at radius 1 is 1.36 bits per heavy atom. The minimum atomic E-state index is -5.09. The molecule has 2 atom stereocenters. The van der Waals surface area contributed by atoms with Crippen molar-refractivity contribution in [1.29, 1.82) is 0 Å². The zero-order chi connectivity index (χ0) is 11.5. The quantitative estimate of drug-likeness (QED) is 0.592. The Balaban J connectivity index is 4.66. The summed E-state index contributed by atoms with van der Waals surface area (Å²) in [6.07, 6.45) is -8.21. The van der Waals surface area contributed by atoms with E-state index in [2.05, 4.69) is 0 Å². The van der Waals surface area contributed by atoms with Crippen LogP contribution in [0.5, 0.6) is 0 Å². The van der Waals surface area contributed by atoms with Crippen LogP contribution in [0, 0.1) is 0 Å². The summed E-state index contributed by atoms with van der Waals surface area (Å²) in [6.45, 7) is 0.846. The van der Waals surface area contributed by atoms with Gasteiger partial charge in [-0.15, -0.1) is 0 Å². The molecule has 3 N–H and O–H groups in total. The second-order valence-corrected chi connectivity index (χ2v) is 2.50. The molecule has 14 heavy (non-hydrogen) atoms. The van der Waals surface area contributed by atoms with Crippen LogP contribution in [-0.2, 0) is 9.59 Å². The third-order valence-electron chi connectivity index (χ3n) is 1.28. The van der Waals surface area contributed by atoms with Gasteiger partial charge < -0.3 is 15.5 Å². The highest BCUT2D eigenvalue weighted by molar-refractivity contribution is 5.82. The Morgan fingerprint density at radius 3 is 2.00 bits per heavy atom. The van der Waals surface area contributed by atoms with E-state index in [0.717, 1.165) is 6.92 Å². The lowest BCUT2D eigenvalue weighted by Gasteiger charge is -2.21. The van der Waals surface area contributed by atoms with Crippen LogP contribution in [0.15, 0.2) is 0 Å². The Kier molecular flexibility index (Phi) is 3.87. The summed E-state index contributed by atoms with van der Waals surface area (Å²) >= 11 is 0. The van der Waals surface area contributed by atoms with Gasteiger partial charge in [0.2, 0.25) is 5.91 Å². The van der Waals surface area contributed by atoms with Gasteiger partial charge in [0.25, 0.3) is 0 Å². The average Bonchev–Trinajstić information content (AvgIpc) is 1.96. The van der Waals surface area contributed by atoms with Gasteiger partial charge in [-0.25, -0.2) is 4.79 Å². The number of carboxylic acids is 1. The number of amides is 1. The highest BCUT2D eigenvalue weighted by Crippen LogP contribution is 2.22. The third-order valence-corrected chi connectivity index (χ3v) is 1.28. The van der Waals surface area contributed by atoms with Gasteiger partial charge in [0.1, 0.15) is 0 Å². The zero-order valence-electron chi connectivity index (χ0n) is 7.00. The fraction of sp³-hybridized carbons (Fsp3) is 0.667. The molecule has 8 heteroatoms. The second kappa shape index (κ2) is 4.27. The van der Waals surface area contributed by atoms with Crippen molar-refractivity contribution in [3.8, 4) is 0 Å². The average molecular weight is 215 g/mol. The van der Waals surface area contributed by atoms with E-state index in [1.807, 2.05) is 0 Å². The maximum atomic E-state index is 11.8. The summed E-state index contributed by atoms with van der Waals surface area (Å²) in [4.78, 5) is 20.6. The monoisotopic (exact) mass is 215 g/mol. The van der Waals surface area contributed by atoms with Crippen molar-refractivity contribution in [1.82, 2.24) is 5.32 Å². The molecule has 0 aliphatic heterocycles. The van der Waals surface area contributed by atoms with Crippen LogP contribution in [-0.4, -0.2) is 40.4 Å². The Hall–Kier alpha value is -1.31. The van der Waals surface area contributed by atoms with E-state index in [1.165, 1.54) is 5.32 Å². The van der Waals surface area contributed by atoms with Gasteiger partial charge in [0.15, 0.2) is 12.1 Å². The fourth-order valence-electron chi connectivity index (χ4n) is 0.684. The Bertz CT molecular complexity index is 240. The standard InChI is InChI=1S/C6H8F3NO4/c1-2(11)10-3(5(13)14)4(12)6(7,8)9/h3-4,12H,1H3,(H,10,11)(H,13,14). The molecule has 0 spiro atoms. The summed E-state index contributed by atoms with van der Waals surface area (Å²) in [5, 5.41) is 18.3. The van der Waals surface area contributed by atoms with E-state index in [1.54, 1.807) is 0 Å². The zero-order valence-corrected chi connectivity index (χ0v) is 7.00. The van der Waals surface area contributed by atoms with Crippen LogP contribution in [0.4, 0.5) is 13.2 Å². The van der Waals surface area contributed by atoms with Gasteiger partial charge in [-0.05, 0) is 0 Å². The molecule has 0 aliphatic rings. The first kappa shape index (κ1) is 12.7. The van der Waals surface area contributed by atoms with Gasteiger partial charge in [0.05, 0.1) is 0 Å². The summed E-state index contributed by atoms with van der Waals surface area (Å²) in [5.41, 5.74) is 0. The van der Waals surface area contributed by atoms with E-state index in [-0.39, 0.29) is 0 Å². The number of aliphatic hydroxyl groups is 1. The first-order valence-electron chi connectivity index (χ1n) is 3.41. The molecular formula is C6H8F3NO4. The molecule has 2 unspecified atom stereocenters. The van der Waals surface area contributed by atoms with E-state index in [9.17, 15) is 22.8 Å². The molecule has 0 saturated carbocycles. The first-order chi connectivity index (χ1) is 6.16. The van der Waals surface area contributed by atoms with Gasteiger partial charge >= 0.3 is 12.1 Å². The summed E-state index contributed by atoms with van der Waals surface area (Å²) in [7, 11) is 0. The summed E-state index contributed by atoms with van der Waals surface area (Å²) < 4.78 is 35.5. The topological polar surface area (TPSA) is 86.6 Å². The van der Waals surface area contributed by atoms with Crippen LogP contribution in [0.3, 0.4) is 0 Å². The number of aliphatic hydroxyl groups excluding tert-OH is 1. The van der Waals surface area contributed by atoms with Crippen molar-refractivity contribution in [3.63, 3.8) is 0 Å². The van der Waals surface area contributed by atoms with Gasteiger partial charge in [0, 0.05) is 6.92 Å². The maximum absolute atomic E-state index is 11.8. The van der Waals surface area contributed by atoms with Crippen molar-refractivity contribution in [2.24, 2.45) is 0 Å². The number of carbonyl (C=O) groups excluding carboxylic acids is 1. The maximum Gasteiger partial charge on any atom is 0.416 e. The molecule has 5 nitrogen and oxygen atoms in total. The number of halogens is 3. The fourth-order valence-corrected chi connectivity index (χ4v) is 0.684. The number of hydrogen-bond donors (Lipinski definition) is 3. The number of carboxylic acid groups (broad SMARTS) is 1. The molecule has 0 heterocycles. The Morgan fingerprint density at radius 2 is 1.79 bits per heavy atom. The molecular weight excluding hydrogens is 207 g/mol. The minimum absolute atomic E-state index is 0.846. The molecule has 0 fully saturated rings. The Labute approximate surface area is 76.5 Å². The molecule has 0 aromatic rings. The lowest BCUT2D eigenvalue weighted by molar-refractivity contribution is -0.215. The smallest absolute Gasteiger partial charge is 0.416 e. The number of rotatable bonds is 3. The van der Waals surface area contributed by atoms with E-state index in [0.29, 0.717) is 0 Å². The third kappa shape index (κ3) is 3.60. The van der Waals surface area contributed by atoms with Crippen LogP contribution in [0.2, 0.25) is 0 Å². The number of nitrogens with one attached hydrogen (secondary N) is 1. The summed E-state index contributed by atoms with van der Waals surface area (Å²) in [6, 6.07) is -2.38. The van der Waals surface area contributed by atoms with Crippen molar-refractivity contribution in [2.45, 2.75) is 25.2 Å². The highest BCUT2D eigenvalue weighted by atomic mass is 19.4. The van der Waals surface area contributed by atoms with Gasteiger partial charge in [-0.2, -0.15) is 13.2 Å². The first-order valence-corrected chi connectivity index (χ1v) is 3.41. The largest absolute Gasteiger partial charge is 0.480 e. The van der Waals surface area contributed by atoms with Crippen molar-refractivity contribution < 1.29 is 33.0 Å². The second-order valence-electron chi connectivity index (χ2n) is 2.50. The van der Waals surface area contributed by atoms with Gasteiger partial charge in [-0.3, -0.25) is 4.79 Å². The molecule has 0 aromatic carbocycles. The molecule has 82 valence electrons. The number of alkyl halides is 3. The number of aliphatic carboxylic acids is 1. The lowest BCUT2D eigenvalue weighted by Crippen LogP contribution is -2.53. The van der Waals surface area contributed by atoms with Crippen LogP contribution in [0.1, 0.15) is 6.92 Å². The van der Waals surface area contributed by atoms with E-state index < -0.39 is 30.2 Å². The predicted octanol–water partition coefficient (Wildman–Crippen LogP) is -0.501. The van der Waals surface area contributed by atoms with Crippen LogP contribution < -0.4 is 5.32 Å². The normalized spacial score (nSPS) is 15.8. The predicted molar refractivity (Wildman–Crippen MR) is 37.3 cm³/mol. The van der Waals surface area contributed by atoms with Crippen LogP contribution in [0.25, 0.3) is 0 Å². The van der Waals surface area contributed by atoms with E-state index in [4.69, 9.17) is 10.2 Å².